The van der Waals surface area contributed by atoms with Crippen molar-refractivity contribution in [2.24, 2.45) is 11.3 Å². The van der Waals surface area contributed by atoms with E-state index in [9.17, 15) is 35.9 Å². The van der Waals surface area contributed by atoms with Crippen LogP contribution in [0, 0.1) is 11.3 Å². The summed E-state index contributed by atoms with van der Waals surface area (Å²) in [4.78, 5) is 33.0. The first-order valence-corrected chi connectivity index (χ1v) is 15.5. The molecule has 3 aromatic rings. The number of aromatic nitrogens is 3. The average molecular weight is 639 g/mol. The summed E-state index contributed by atoms with van der Waals surface area (Å²) in [6, 6.07) is 8.00. The fraction of sp³-hybridized carbons (Fsp3) is 0.594. The lowest BCUT2D eigenvalue weighted by Crippen LogP contribution is -2.65. The second kappa shape index (κ2) is 12.2. The van der Waals surface area contributed by atoms with E-state index in [1.54, 1.807) is 28.8 Å². The van der Waals surface area contributed by atoms with Gasteiger partial charge >= 0.3 is 12.4 Å². The molecule has 0 N–H and O–H groups in total. The van der Waals surface area contributed by atoms with Gasteiger partial charge in [0.2, 0.25) is 5.78 Å². The smallest absolute Gasteiger partial charge is 0.380 e. The number of rotatable bonds is 10. The summed E-state index contributed by atoms with van der Waals surface area (Å²) in [7, 11) is 0. The minimum atomic E-state index is -4.36. The predicted octanol–water partition coefficient (Wildman–Crippen LogP) is 6.64. The van der Waals surface area contributed by atoms with Crippen LogP contribution in [0.2, 0.25) is 0 Å². The first kappa shape index (κ1) is 31.8. The van der Waals surface area contributed by atoms with Gasteiger partial charge in [-0.25, -0.2) is 4.98 Å². The molecule has 0 radical (unpaired) electrons. The number of fused-ring (bicyclic) bond motifs is 1. The third kappa shape index (κ3) is 6.98. The number of benzene rings is 1. The van der Waals surface area contributed by atoms with Crippen LogP contribution in [0.5, 0.6) is 0 Å². The molecule has 1 spiro atoms. The van der Waals surface area contributed by atoms with Crippen molar-refractivity contribution in [2.45, 2.75) is 76.2 Å². The number of aryl methyl sites for hydroxylation is 1. The Balaban J connectivity index is 1.20. The van der Waals surface area contributed by atoms with Crippen LogP contribution in [0.1, 0.15) is 73.3 Å². The number of halogens is 6. The topological polar surface area (TPSA) is 68.8 Å². The molecule has 1 saturated carbocycles. The quantitative estimate of drug-likeness (QED) is 0.184. The Labute approximate surface area is 256 Å². The van der Waals surface area contributed by atoms with Crippen LogP contribution in [0.3, 0.4) is 0 Å². The van der Waals surface area contributed by atoms with Gasteiger partial charge in [-0.15, -0.1) is 0 Å². The molecule has 2 aromatic heterocycles. The first-order chi connectivity index (χ1) is 21.3. The maximum absolute atomic E-state index is 13.2. The van der Waals surface area contributed by atoms with E-state index in [1.165, 1.54) is 16.7 Å². The van der Waals surface area contributed by atoms with Crippen molar-refractivity contribution in [3.63, 3.8) is 0 Å². The van der Waals surface area contributed by atoms with Gasteiger partial charge in [0.1, 0.15) is 0 Å². The van der Waals surface area contributed by atoms with Crippen LogP contribution < -0.4 is 5.56 Å². The Bertz CT molecular complexity index is 1570. The van der Waals surface area contributed by atoms with E-state index in [4.69, 9.17) is 4.74 Å². The van der Waals surface area contributed by atoms with Crippen LogP contribution in [0.4, 0.5) is 26.3 Å². The summed E-state index contributed by atoms with van der Waals surface area (Å²) in [5, 5.41) is 0. The maximum Gasteiger partial charge on any atom is 0.391 e. The summed E-state index contributed by atoms with van der Waals surface area (Å²) in [5.41, 5.74) is 1.75. The number of ether oxygens (including phenoxy) is 1. The van der Waals surface area contributed by atoms with Crippen LogP contribution in [0.25, 0.3) is 17.0 Å². The number of carbonyl (C=O) groups is 1. The highest BCUT2D eigenvalue weighted by atomic mass is 19.4. The summed E-state index contributed by atoms with van der Waals surface area (Å²) in [6.07, 6.45) is -6.85. The molecular weight excluding hydrogens is 602 g/mol. The van der Waals surface area contributed by atoms with Gasteiger partial charge in [0.05, 0.1) is 30.5 Å². The number of ketones is 1. The van der Waals surface area contributed by atoms with Gasteiger partial charge in [0, 0.05) is 61.6 Å². The van der Waals surface area contributed by atoms with E-state index in [0.717, 1.165) is 39.3 Å². The molecule has 0 atom stereocenters. The molecule has 1 aliphatic carbocycles. The molecule has 3 aliphatic rings. The highest BCUT2D eigenvalue weighted by Gasteiger charge is 2.48. The molecule has 1 aromatic carbocycles. The Kier molecular flexibility index (Phi) is 8.62. The molecule has 2 saturated heterocycles. The van der Waals surface area contributed by atoms with Crippen molar-refractivity contribution < 1.29 is 35.9 Å². The highest BCUT2D eigenvalue weighted by molar-refractivity contribution is 5.96. The van der Waals surface area contributed by atoms with Crippen LogP contribution in [-0.4, -0.2) is 69.8 Å². The lowest BCUT2D eigenvalue weighted by molar-refractivity contribution is -0.188. The van der Waals surface area contributed by atoms with Gasteiger partial charge in [-0.05, 0) is 50.6 Å². The van der Waals surface area contributed by atoms with Crippen molar-refractivity contribution in [3.05, 3.63) is 58.1 Å². The van der Waals surface area contributed by atoms with E-state index >= 15 is 0 Å². The average Bonchev–Trinajstić information content (AvgIpc) is 3.40. The van der Waals surface area contributed by atoms with E-state index in [1.807, 2.05) is 0 Å². The van der Waals surface area contributed by atoms with Crippen molar-refractivity contribution >= 4 is 11.6 Å². The van der Waals surface area contributed by atoms with E-state index in [-0.39, 0.29) is 56.1 Å². The SMILES string of the molecule is O=C(CCCN1CC2(COC2)C1)c1ccc(-c2cc(=O)n3cc(C4CCC(C(F)(F)F)CC4)nc3n2CCCC(F)(F)F)cc1. The second-order valence-corrected chi connectivity index (χ2v) is 13.0. The number of hydrogen-bond donors (Lipinski definition) is 0. The zero-order valence-corrected chi connectivity index (χ0v) is 24.8. The molecule has 0 amide bonds. The maximum atomic E-state index is 13.2. The molecule has 7 nitrogen and oxygen atoms in total. The normalized spacial score (nSPS) is 22.0. The van der Waals surface area contributed by atoms with Crippen LogP contribution >= 0.6 is 0 Å². The molecule has 4 heterocycles. The summed E-state index contributed by atoms with van der Waals surface area (Å²) in [6.45, 7) is 4.38. The lowest BCUT2D eigenvalue weighted by Gasteiger charge is -2.55. The Morgan fingerprint density at radius 1 is 0.956 bits per heavy atom. The molecule has 244 valence electrons. The third-order valence-electron chi connectivity index (χ3n) is 9.50. The third-order valence-corrected chi connectivity index (χ3v) is 9.50. The standard InChI is InChI=1S/C32H36F6N4O3/c33-31(34,35)12-2-14-41-26(15-28(44)42-16-25(39-29(41)42)21-8-10-24(11-9-21)32(36,37)38)22-4-6-23(7-5-22)27(43)3-1-13-40-17-30(18-40)19-45-20-30/h4-7,15-16,21,24H,1-3,8-14,17-20H2. The molecule has 2 aliphatic heterocycles. The number of imidazole rings is 1. The molecule has 6 rings (SSSR count). The van der Waals surface area contributed by atoms with Crippen molar-refractivity contribution in [1.82, 2.24) is 18.9 Å². The highest BCUT2D eigenvalue weighted by Crippen LogP contribution is 2.43. The molecule has 3 fully saturated rings. The summed E-state index contributed by atoms with van der Waals surface area (Å²) < 4.78 is 86.8. The lowest BCUT2D eigenvalue weighted by atomic mass is 9.78. The predicted molar refractivity (Wildman–Crippen MR) is 154 cm³/mol. The number of nitrogens with zero attached hydrogens (tertiary/aromatic N) is 4. The minimum Gasteiger partial charge on any atom is -0.380 e. The summed E-state index contributed by atoms with van der Waals surface area (Å²) in [5.74, 6) is -1.52. The van der Waals surface area contributed by atoms with Gasteiger partial charge in [0.15, 0.2) is 5.78 Å². The molecule has 45 heavy (non-hydrogen) atoms. The second-order valence-electron chi connectivity index (χ2n) is 13.0. The molecule has 13 heteroatoms. The molecule has 0 unspecified atom stereocenters. The number of carbonyl (C=O) groups excluding carboxylic acids is 1. The van der Waals surface area contributed by atoms with E-state index in [0.29, 0.717) is 34.4 Å². The van der Waals surface area contributed by atoms with Gasteiger partial charge < -0.3 is 14.2 Å². The van der Waals surface area contributed by atoms with Crippen molar-refractivity contribution in [3.8, 4) is 11.3 Å². The number of Topliss-reactive ketones (excluding diaryl/α,β-unsaturated/α-hetero) is 1. The summed E-state index contributed by atoms with van der Waals surface area (Å²) >= 11 is 0. The van der Waals surface area contributed by atoms with E-state index in [2.05, 4.69) is 9.88 Å². The fourth-order valence-corrected chi connectivity index (χ4v) is 6.99. The number of alkyl halides is 6. The Hall–Kier alpha value is -3.19. The zero-order valence-electron chi connectivity index (χ0n) is 24.8. The largest absolute Gasteiger partial charge is 0.391 e. The van der Waals surface area contributed by atoms with Gasteiger partial charge in [-0.2, -0.15) is 26.3 Å². The minimum absolute atomic E-state index is 0.0140. The molecule has 0 bridgehead atoms. The van der Waals surface area contributed by atoms with Crippen LogP contribution in [-0.2, 0) is 11.3 Å². The van der Waals surface area contributed by atoms with E-state index < -0.39 is 30.3 Å². The first-order valence-electron chi connectivity index (χ1n) is 15.5. The Morgan fingerprint density at radius 3 is 2.24 bits per heavy atom. The molecular formula is C32H36F6N4O3. The monoisotopic (exact) mass is 638 g/mol. The number of likely N-dealkylation sites (tertiary alicyclic amines) is 1. The fourth-order valence-electron chi connectivity index (χ4n) is 6.99. The van der Waals surface area contributed by atoms with Crippen LogP contribution in [0.15, 0.2) is 41.3 Å². The van der Waals surface area contributed by atoms with Crippen molar-refractivity contribution in [1.29, 1.82) is 0 Å². The number of hydrogen-bond acceptors (Lipinski definition) is 5. The zero-order chi connectivity index (χ0) is 32.0. The van der Waals surface area contributed by atoms with Gasteiger partial charge in [0.25, 0.3) is 5.56 Å². The Morgan fingerprint density at radius 2 is 1.64 bits per heavy atom. The van der Waals surface area contributed by atoms with Crippen molar-refractivity contribution in [2.75, 3.05) is 32.8 Å². The van der Waals surface area contributed by atoms with Gasteiger partial charge in [-0.3, -0.25) is 14.0 Å². The van der Waals surface area contributed by atoms with Gasteiger partial charge in [-0.1, -0.05) is 24.3 Å².